The topological polar surface area (TPSA) is 188 Å². The van der Waals surface area contributed by atoms with Crippen LogP contribution in [0, 0.1) is 10.1 Å². The number of sulfone groups is 1. The molecule has 2 saturated heterocycles. The van der Waals surface area contributed by atoms with E-state index in [1.165, 1.54) is 35.9 Å². The highest BCUT2D eigenvalue weighted by atomic mass is 32.2. The van der Waals surface area contributed by atoms with E-state index in [-0.39, 0.29) is 42.8 Å². The second-order valence-electron chi connectivity index (χ2n) is 7.95. The summed E-state index contributed by atoms with van der Waals surface area (Å²) < 4.78 is 31.6. The quantitative estimate of drug-likeness (QED) is 0.150. The van der Waals surface area contributed by atoms with Crippen LogP contribution < -0.4 is 0 Å². The Labute approximate surface area is 197 Å². The SMILES string of the molecule is C[C@]1(CSc2nnnn2CCO)[C@H](C(=O)OCc2ccc([N+](=O)[O-])cc2)N2C(=O)C[C@@H]2S1(=O)=O. The number of ether oxygens (including phenoxy) is 1. The number of amides is 1. The lowest BCUT2D eigenvalue weighted by Gasteiger charge is -2.36. The van der Waals surface area contributed by atoms with Gasteiger partial charge in [0.25, 0.3) is 5.69 Å². The van der Waals surface area contributed by atoms with Crippen LogP contribution in [-0.4, -0.2) is 84.0 Å². The van der Waals surface area contributed by atoms with Crippen molar-refractivity contribution in [1.29, 1.82) is 0 Å². The Kier molecular flexibility index (Phi) is 6.30. The number of hydrogen-bond donors (Lipinski definition) is 1. The Morgan fingerprint density at radius 1 is 1.38 bits per heavy atom. The molecule has 16 heteroatoms. The molecule has 3 heterocycles. The maximum atomic E-state index is 13.3. The van der Waals surface area contributed by atoms with E-state index in [2.05, 4.69) is 15.5 Å². The monoisotopic (exact) mass is 512 g/mol. The maximum absolute atomic E-state index is 13.3. The molecular weight excluding hydrogens is 492 g/mol. The van der Waals surface area contributed by atoms with Gasteiger partial charge in [-0.15, -0.1) is 5.10 Å². The van der Waals surface area contributed by atoms with Gasteiger partial charge in [0.05, 0.1) is 24.5 Å². The Hall–Kier alpha value is -3.11. The second kappa shape index (κ2) is 8.92. The van der Waals surface area contributed by atoms with Gasteiger partial charge in [0.1, 0.15) is 16.7 Å². The number of nitro groups is 1. The molecule has 1 N–H and O–H groups in total. The summed E-state index contributed by atoms with van der Waals surface area (Å²) in [6, 6.07) is 3.98. The lowest BCUT2D eigenvalue weighted by molar-refractivity contribution is -0.384. The van der Waals surface area contributed by atoms with Crippen molar-refractivity contribution >= 4 is 39.2 Å². The van der Waals surface area contributed by atoms with Gasteiger partial charge in [0.15, 0.2) is 15.9 Å². The lowest BCUT2D eigenvalue weighted by Crippen LogP contribution is -2.58. The van der Waals surface area contributed by atoms with E-state index in [0.717, 1.165) is 16.7 Å². The van der Waals surface area contributed by atoms with Crippen molar-refractivity contribution < 1.29 is 32.8 Å². The summed E-state index contributed by atoms with van der Waals surface area (Å²) in [6.45, 7) is 1.01. The van der Waals surface area contributed by atoms with Crippen molar-refractivity contribution in [3.63, 3.8) is 0 Å². The molecule has 182 valence electrons. The molecule has 1 aromatic carbocycles. The molecule has 2 aliphatic heterocycles. The summed E-state index contributed by atoms with van der Waals surface area (Å²) in [6.07, 6.45) is -0.211. The van der Waals surface area contributed by atoms with E-state index in [0.29, 0.717) is 5.56 Å². The Morgan fingerprint density at radius 2 is 2.09 bits per heavy atom. The number of carbonyl (C=O) groups is 2. The number of β-lactam (4-membered cyclic amide) rings is 1. The number of nitro benzene ring substituents is 1. The number of thioether (sulfide) groups is 1. The molecule has 34 heavy (non-hydrogen) atoms. The molecule has 2 fully saturated rings. The molecule has 1 aromatic heterocycles. The molecule has 14 nitrogen and oxygen atoms in total. The number of hydrogen-bond acceptors (Lipinski definition) is 12. The van der Waals surface area contributed by atoms with Gasteiger partial charge >= 0.3 is 5.97 Å². The number of aliphatic hydroxyl groups excluding tert-OH is 1. The van der Waals surface area contributed by atoms with Crippen LogP contribution in [0.3, 0.4) is 0 Å². The first-order valence-corrected chi connectivity index (χ1v) is 12.6. The largest absolute Gasteiger partial charge is 0.459 e. The minimum absolute atomic E-state index is 0.104. The number of benzene rings is 1. The van der Waals surface area contributed by atoms with Crippen LogP contribution in [0.2, 0.25) is 0 Å². The summed E-state index contributed by atoms with van der Waals surface area (Å²) >= 11 is 0.992. The van der Waals surface area contributed by atoms with Crippen LogP contribution in [0.25, 0.3) is 0 Å². The number of rotatable bonds is 9. The highest BCUT2D eigenvalue weighted by Crippen LogP contribution is 2.48. The molecular formula is C18H20N6O8S2. The molecule has 0 bridgehead atoms. The van der Waals surface area contributed by atoms with Crippen molar-refractivity contribution in [1.82, 2.24) is 25.1 Å². The van der Waals surface area contributed by atoms with Crippen molar-refractivity contribution in [3.05, 3.63) is 39.9 Å². The number of tetrazole rings is 1. The normalized spacial score (nSPS) is 25.0. The third-order valence-electron chi connectivity index (χ3n) is 5.86. The van der Waals surface area contributed by atoms with Crippen LogP contribution in [0.15, 0.2) is 29.4 Å². The van der Waals surface area contributed by atoms with Gasteiger partial charge in [-0.1, -0.05) is 11.8 Å². The zero-order chi connectivity index (χ0) is 24.7. The smallest absolute Gasteiger partial charge is 0.330 e. The van der Waals surface area contributed by atoms with Gasteiger partial charge in [0, 0.05) is 17.9 Å². The lowest BCUT2D eigenvalue weighted by atomic mass is 9.98. The third-order valence-corrected chi connectivity index (χ3v) is 10.1. The number of non-ortho nitro benzene ring substituents is 1. The summed E-state index contributed by atoms with van der Waals surface area (Å²) in [4.78, 5) is 36.6. The summed E-state index contributed by atoms with van der Waals surface area (Å²) in [7, 11) is -3.95. The second-order valence-corrected chi connectivity index (χ2v) is 11.5. The standard InChI is InChI=1S/C18H20N6O8S2/c1-18(10-33-17-19-20-21-22(17)6-7-25)15(23-13(26)8-14(23)34(18,30)31)16(27)32-9-11-2-4-12(5-3-11)24(28)29/h2-5,14-15,25H,6-10H2,1H3/t14-,15-,18-/m0/s1. The summed E-state index contributed by atoms with van der Waals surface area (Å²) in [5.41, 5.74) is 0.338. The Bertz CT molecular complexity index is 1230. The van der Waals surface area contributed by atoms with Gasteiger partial charge in [-0.3, -0.25) is 14.9 Å². The first-order chi connectivity index (χ1) is 16.1. The minimum atomic E-state index is -3.95. The van der Waals surface area contributed by atoms with Gasteiger partial charge in [-0.05, 0) is 35.0 Å². The zero-order valence-electron chi connectivity index (χ0n) is 17.8. The molecule has 0 saturated carbocycles. The van der Waals surface area contributed by atoms with Crippen molar-refractivity contribution in [2.75, 3.05) is 12.4 Å². The molecule has 2 aliphatic rings. The number of fused-ring (bicyclic) bond motifs is 1. The van der Waals surface area contributed by atoms with Gasteiger partial charge in [-0.25, -0.2) is 17.9 Å². The van der Waals surface area contributed by atoms with Crippen molar-refractivity contribution in [2.24, 2.45) is 0 Å². The molecule has 0 unspecified atom stereocenters. The molecule has 4 rings (SSSR count). The first-order valence-electron chi connectivity index (χ1n) is 10.0. The average molecular weight is 513 g/mol. The number of carbonyl (C=O) groups excluding carboxylic acids is 2. The predicted octanol–water partition coefficient (Wildman–Crippen LogP) is -0.477. The van der Waals surface area contributed by atoms with Crippen LogP contribution in [0.1, 0.15) is 18.9 Å². The highest BCUT2D eigenvalue weighted by Gasteiger charge is 2.70. The van der Waals surface area contributed by atoms with Crippen molar-refractivity contribution in [3.8, 4) is 0 Å². The minimum Gasteiger partial charge on any atom is -0.459 e. The van der Waals surface area contributed by atoms with E-state index in [1.807, 2.05) is 0 Å². The van der Waals surface area contributed by atoms with E-state index in [9.17, 15) is 28.1 Å². The van der Waals surface area contributed by atoms with E-state index < -0.39 is 42.8 Å². The van der Waals surface area contributed by atoms with Gasteiger partial charge < -0.3 is 14.7 Å². The molecule has 1 amide bonds. The summed E-state index contributed by atoms with van der Waals surface area (Å²) in [5, 5.41) is 30.1. The fraction of sp³-hybridized carbons (Fsp3) is 0.500. The average Bonchev–Trinajstić information content (AvgIpc) is 3.29. The van der Waals surface area contributed by atoms with Crippen molar-refractivity contribution in [2.45, 2.75) is 47.8 Å². The molecule has 0 aliphatic carbocycles. The molecule has 3 atom stereocenters. The van der Waals surface area contributed by atoms with Gasteiger partial charge in [0.2, 0.25) is 11.1 Å². The fourth-order valence-corrected chi connectivity index (χ4v) is 7.77. The fourth-order valence-electron chi connectivity index (χ4n) is 3.95. The number of aliphatic hydroxyl groups is 1. The zero-order valence-corrected chi connectivity index (χ0v) is 19.4. The molecule has 0 spiro atoms. The Balaban J connectivity index is 1.55. The number of esters is 1. The maximum Gasteiger partial charge on any atom is 0.330 e. The predicted molar refractivity (Wildman–Crippen MR) is 115 cm³/mol. The molecule has 0 radical (unpaired) electrons. The first kappa shape index (κ1) is 24.0. The van der Waals surface area contributed by atoms with Crippen LogP contribution in [0.5, 0.6) is 0 Å². The third kappa shape index (κ3) is 3.90. The van der Waals surface area contributed by atoms with Crippen LogP contribution in [0.4, 0.5) is 5.69 Å². The molecule has 2 aromatic rings. The van der Waals surface area contributed by atoms with E-state index in [4.69, 9.17) is 9.84 Å². The van der Waals surface area contributed by atoms with Crippen LogP contribution >= 0.6 is 11.8 Å². The van der Waals surface area contributed by atoms with E-state index >= 15 is 0 Å². The van der Waals surface area contributed by atoms with Gasteiger partial charge in [-0.2, -0.15) is 0 Å². The van der Waals surface area contributed by atoms with Crippen LogP contribution in [-0.2, 0) is 37.3 Å². The van der Waals surface area contributed by atoms with E-state index in [1.54, 1.807) is 0 Å². The Morgan fingerprint density at radius 3 is 2.71 bits per heavy atom. The summed E-state index contributed by atoms with van der Waals surface area (Å²) in [5.74, 6) is -1.50. The number of aromatic nitrogens is 4. The number of nitrogens with zero attached hydrogens (tertiary/aromatic N) is 6. The highest BCUT2D eigenvalue weighted by molar-refractivity contribution is 8.01.